The minimum atomic E-state index is 0.125. The number of hydrogen-bond acceptors (Lipinski definition) is 3. The second-order valence-corrected chi connectivity index (χ2v) is 21.1. The van der Waals surface area contributed by atoms with E-state index in [1.807, 2.05) is 0 Å². The molecule has 0 amide bonds. The highest BCUT2D eigenvalue weighted by molar-refractivity contribution is 6.11. The van der Waals surface area contributed by atoms with Crippen molar-refractivity contribution in [2.45, 2.75) is 262 Å². The number of ether oxygens (including phenoxy) is 3. The molecule has 6 unspecified atom stereocenters. The van der Waals surface area contributed by atoms with Gasteiger partial charge in [0.05, 0.1) is 18.8 Å². The van der Waals surface area contributed by atoms with Crippen molar-refractivity contribution in [2.24, 2.45) is 47.3 Å². The van der Waals surface area contributed by atoms with E-state index in [0.29, 0.717) is 12.1 Å². The van der Waals surface area contributed by atoms with Crippen molar-refractivity contribution in [2.75, 3.05) is 13.2 Å². The molecule has 318 valence electrons. The Morgan fingerprint density at radius 1 is 0.527 bits per heavy atom. The van der Waals surface area contributed by atoms with E-state index < -0.39 is 0 Å². The van der Waals surface area contributed by atoms with Crippen LogP contribution in [0.4, 0.5) is 0 Å². The van der Waals surface area contributed by atoms with E-state index >= 15 is 0 Å². The van der Waals surface area contributed by atoms with Gasteiger partial charge in [-0.3, -0.25) is 0 Å². The molecule has 3 nitrogen and oxygen atoms in total. The van der Waals surface area contributed by atoms with Gasteiger partial charge in [-0.15, -0.1) is 0 Å². The molecule has 0 aromatic heterocycles. The molecule has 1 heterocycles. The molecule has 55 heavy (non-hydrogen) atoms. The second kappa shape index (κ2) is 25.5. The largest absolute Gasteiger partial charge is 0.379 e. The SMILES string of the molecule is B[C@H]1CC(OC2CCCC(CCCC(CCCCC)C3CCCCCCC3)CC2)[C@@H](COCC2CCC(C3CCCCC(C4CCCCCC4)CC3)CC2)O1. The summed E-state index contributed by atoms with van der Waals surface area (Å²) in [6.07, 6.45) is 53.2. The molecule has 1 saturated heterocycles. The third kappa shape index (κ3) is 15.5. The standard InChI is InChI=1S/C51H93BO3/c1-2-3-9-20-44(42-21-10-5-4-6-11-22-42)27-16-18-40-19-17-28-48(36-31-40)54-49-37-51(52)55-50(49)39-53-38-41-29-32-47(33-30-41)46-26-15-14-25-45(34-35-46)43-23-12-7-8-13-24-43/h40-51H,2-39,52H2,1H3/t40?,41?,44?,45?,46?,47?,48?,49?,50-,51-/m1/s1. The van der Waals surface area contributed by atoms with Crippen LogP contribution in [-0.4, -0.2) is 45.4 Å². The first-order valence-electron chi connectivity index (χ1n) is 26.0. The van der Waals surface area contributed by atoms with Crippen molar-refractivity contribution in [1.82, 2.24) is 0 Å². The predicted molar refractivity (Wildman–Crippen MR) is 236 cm³/mol. The molecular weight excluding hydrogens is 671 g/mol. The monoisotopic (exact) mass is 765 g/mol. The quantitative estimate of drug-likeness (QED) is 0.0839. The Morgan fingerprint density at radius 3 is 1.78 bits per heavy atom. The van der Waals surface area contributed by atoms with Crippen molar-refractivity contribution in [3.8, 4) is 0 Å². The fraction of sp³-hybridized carbons (Fsp3) is 1.00. The van der Waals surface area contributed by atoms with Crippen LogP contribution in [0, 0.1) is 47.3 Å². The summed E-state index contributed by atoms with van der Waals surface area (Å²) in [6, 6.07) is 0.293. The van der Waals surface area contributed by atoms with Gasteiger partial charge in [-0.05, 0) is 112 Å². The molecule has 0 bridgehead atoms. The van der Waals surface area contributed by atoms with Crippen molar-refractivity contribution in [1.29, 1.82) is 0 Å². The average Bonchev–Trinajstić information content (AvgIpc) is 3.34. The minimum absolute atomic E-state index is 0.125. The molecular formula is C51H93BO3. The van der Waals surface area contributed by atoms with Gasteiger partial charge in [-0.2, -0.15) is 0 Å². The van der Waals surface area contributed by atoms with Gasteiger partial charge in [0.2, 0.25) is 0 Å². The zero-order valence-electron chi connectivity index (χ0n) is 37.0. The van der Waals surface area contributed by atoms with Crippen LogP contribution in [0.5, 0.6) is 0 Å². The van der Waals surface area contributed by atoms with E-state index in [0.717, 1.165) is 67.0 Å². The molecule has 0 aromatic rings. The minimum Gasteiger partial charge on any atom is -0.379 e. The smallest absolute Gasteiger partial charge is 0.139 e. The molecule has 8 atom stereocenters. The Balaban J connectivity index is 0.860. The Hall–Kier alpha value is -0.0551. The van der Waals surface area contributed by atoms with Gasteiger partial charge in [-0.25, -0.2) is 0 Å². The Kier molecular flexibility index (Phi) is 20.7. The van der Waals surface area contributed by atoms with Crippen LogP contribution in [0.15, 0.2) is 0 Å². The second-order valence-electron chi connectivity index (χ2n) is 21.1. The highest BCUT2D eigenvalue weighted by atomic mass is 16.6. The Labute approximate surface area is 343 Å². The third-order valence-corrected chi connectivity index (χ3v) is 17.0. The first-order valence-corrected chi connectivity index (χ1v) is 26.0. The Morgan fingerprint density at radius 2 is 1.09 bits per heavy atom. The molecule has 0 radical (unpaired) electrons. The summed E-state index contributed by atoms with van der Waals surface area (Å²) in [4.78, 5) is 0. The molecule has 5 aliphatic carbocycles. The highest BCUT2D eigenvalue weighted by Gasteiger charge is 2.37. The highest BCUT2D eigenvalue weighted by Crippen LogP contribution is 2.43. The van der Waals surface area contributed by atoms with Gasteiger partial charge in [-0.1, -0.05) is 174 Å². The maximum Gasteiger partial charge on any atom is 0.139 e. The molecule has 5 saturated carbocycles. The van der Waals surface area contributed by atoms with Gasteiger partial charge in [0.1, 0.15) is 14.0 Å². The molecule has 6 fully saturated rings. The van der Waals surface area contributed by atoms with E-state index in [1.165, 1.54) is 205 Å². The van der Waals surface area contributed by atoms with Crippen LogP contribution < -0.4 is 0 Å². The van der Waals surface area contributed by atoms with Crippen LogP contribution >= 0.6 is 0 Å². The van der Waals surface area contributed by atoms with Crippen LogP contribution in [0.2, 0.25) is 0 Å². The van der Waals surface area contributed by atoms with E-state index in [4.69, 9.17) is 14.2 Å². The molecule has 6 aliphatic rings. The maximum atomic E-state index is 6.95. The van der Waals surface area contributed by atoms with Crippen molar-refractivity contribution >= 4 is 7.85 Å². The summed E-state index contributed by atoms with van der Waals surface area (Å²) in [5.74, 6) is 7.81. The molecule has 4 heteroatoms. The normalized spacial score (nSPS) is 36.2. The summed E-state index contributed by atoms with van der Waals surface area (Å²) in [6.45, 7) is 4.04. The van der Waals surface area contributed by atoms with Gasteiger partial charge in [0.25, 0.3) is 0 Å². The number of unbranched alkanes of at least 4 members (excludes halogenated alkanes) is 2. The van der Waals surface area contributed by atoms with E-state index in [1.54, 1.807) is 19.3 Å². The predicted octanol–water partition coefficient (Wildman–Crippen LogP) is 14.2. The van der Waals surface area contributed by atoms with Crippen molar-refractivity contribution < 1.29 is 14.2 Å². The van der Waals surface area contributed by atoms with Crippen LogP contribution in [0.25, 0.3) is 0 Å². The number of rotatable bonds is 17. The lowest BCUT2D eigenvalue weighted by Gasteiger charge is -2.37. The average molecular weight is 765 g/mol. The lowest BCUT2D eigenvalue weighted by atomic mass is 9.69. The van der Waals surface area contributed by atoms with Gasteiger partial charge in [0.15, 0.2) is 0 Å². The first-order chi connectivity index (χ1) is 27.1. The van der Waals surface area contributed by atoms with Crippen LogP contribution in [0.3, 0.4) is 0 Å². The summed E-state index contributed by atoms with van der Waals surface area (Å²) in [5.41, 5.74) is 0. The summed E-state index contributed by atoms with van der Waals surface area (Å²) in [7, 11) is 2.25. The van der Waals surface area contributed by atoms with Crippen LogP contribution in [0.1, 0.15) is 238 Å². The van der Waals surface area contributed by atoms with Gasteiger partial charge in [0, 0.05) is 12.6 Å². The molecule has 0 N–H and O–H groups in total. The fourth-order valence-electron chi connectivity index (χ4n) is 13.6. The molecule has 0 spiro atoms. The number of hydrogen-bond donors (Lipinski definition) is 0. The van der Waals surface area contributed by atoms with Crippen molar-refractivity contribution in [3.63, 3.8) is 0 Å². The zero-order valence-corrected chi connectivity index (χ0v) is 37.0. The van der Waals surface area contributed by atoms with Gasteiger partial charge >= 0.3 is 0 Å². The van der Waals surface area contributed by atoms with E-state index in [9.17, 15) is 0 Å². The molecule has 0 aromatic carbocycles. The fourth-order valence-corrected chi connectivity index (χ4v) is 13.6. The molecule has 6 rings (SSSR count). The van der Waals surface area contributed by atoms with E-state index in [2.05, 4.69) is 14.8 Å². The lowest BCUT2D eigenvalue weighted by molar-refractivity contribution is -0.0875. The summed E-state index contributed by atoms with van der Waals surface area (Å²) >= 11 is 0. The van der Waals surface area contributed by atoms with Gasteiger partial charge < -0.3 is 14.2 Å². The van der Waals surface area contributed by atoms with E-state index in [-0.39, 0.29) is 12.2 Å². The zero-order chi connectivity index (χ0) is 37.9. The van der Waals surface area contributed by atoms with Crippen molar-refractivity contribution in [3.05, 3.63) is 0 Å². The lowest BCUT2D eigenvalue weighted by Crippen LogP contribution is -2.33. The Bertz CT molecular complexity index is 965. The van der Waals surface area contributed by atoms with Crippen LogP contribution in [-0.2, 0) is 14.2 Å². The summed E-state index contributed by atoms with van der Waals surface area (Å²) < 4.78 is 19.9. The third-order valence-electron chi connectivity index (χ3n) is 17.0. The topological polar surface area (TPSA) is 27.7 Å². The molecule has 1 aliphatic heterocycles. The summed E-state index contributed by atoms with van der Waals surface area (Å²) in [5, 5.41) is 0. The maximum absolute atomic E-state index is 6.95. The first kappa shape index (κ1) is 44.5.